The van der Waals surface area contributed by atoms with Gasteiger partial charge in [0.1, 0.15) is 0 Å². The fourth-order valence-electron chi connectivity index (χ4n) is 6.92. The Bertz CT molecular complexity index is 2920. The van der Waals surface area contributed by atoms with Crippen LogP contribution in [0, 0.1) is 0 Å². The maximum Gasteiger partial charge on any atom is 0.0979 e. The molecule has 0 N–H and O–H groups in total. The average molecular weight is 638 g/mol. The predicted molar refractivity (Wildman–Crippen MR) is 205 cm³/mol. The lowest BCUT2D eigenvalue weighted by atomic mass is 9.97. The normalized spacial score (nSPS) is 11.6. The number of nitrogens with zero attached hydrogens (tertiary/aromatic N) is 5. The van der Waals surface area contributed by atoms with Gasteiger partial charge in [-0.2, -0.15) is 0 Å². The summed E-state index contributed by atoms with van der Waals surface area (Å²) in [5.74, 6) is 0. The molecule has 0 unspecified atom stereocenters. The second kappa shape index (κ2) is 11.4. The molecule has 0 saturated heterocycles. The van der Waals surface area contributed by atoms with Gasteiger partial charge in [-0.05, 0) is 94.7 Å². The van der Waals surface area contributed by atoms with Crippen molar-refractivity contribution >= 4 is 54.4 Å². The van der Waals surface area contributed by atoms with Gasteiger partial charge in [0.15, 0.2) is 0 Å². The zero-order valence-corrected chi connectivity index (χ0v) is 26.8. The SMILES string of the molecule is c1ccc(-c2cc3ccc(-c4ccccn4)nc3c3nc(-c4ccc5cc(-c6ccc7cc8ccccc8cc7n6)ccc5n4)ccc23)cc1. The second-order valence-electron chi connectivity index (χ2n) is 12.6. The first-order valence-electron chi connectivity index (χ1n) is 16.7. The number of rotatable bonds is 4. The van der Waals surface area contributed by atoms with E-state index in [2.05, 4.69) is 132 Å². The second-order valence-corrected chi connectivity index (χ2v) is 12.6. The van der Waals surface area contributed by atoms with E-state index >= 15 is 0 Å². The molecular weight excluding hydrogens is 611 g/mol. The molecule has 5 aromatic heterocycles. The molecule has 0 aliphatic carbocycles. The van der Waals surface area contributed by atoms with Crippen molar-refractivity contribution in [3.05, 3.63) is 164 Å². The van der Waals surface area contributed by atoms with Crippen LogP contribution in [-0.2, 0) is 0 Å². The Labute approximate surface area is 287 Å². The van der Waals surface area contributed by atoms with Crippen molar-refractivity contribution in [2.45, 2.75) is 0 Å². The first-order chi connectivity index (χ1) is 24.7. The largest absolute Gasteiger partial charge is 0.255 e. The molecule has 0 amide bonds. The standard InChI is InChI=1S/C45H27N5/c1-2-8-28(9-3-1)36-26-34-16-21-40(39-12-6-7-23-46-39)49-44(34)45-35(36)17-22-42(50-45)41-20-15-32-25-31(13-18-37(32)47-41)38-19-14-33-24-29-10-4-5-11-30(29)27-43(33)48-38/h1-27H. The van der Waals surface area contributed by atoms with E-state index in [1.54, 1.807) is 6.20 Å². The molecule has 5 heteroatoms. The molecule has 5 nitrogen and oxygen atoms in total. The summed E-state index contributed by atoms with van der Waals surface area (Å²) in [5, 5.41) is 6.66. The predicted octanol–water partition coefficient (Wildman–Crippen LogP) is 11.1. The van der Waals surface area contributed by atoms with Gasteiger partial charge in [-0.15, -0.1) is 0 Å². The van der Waals surface area contributed by atoms with E-state index in [1.165, 1.54) is 10.8 Å². The van der Waals surface area contributed by atoms with Crippen LogP contribution < -0.4 is 0 Å². The summed E-state index contributed by atoms with van der Waals surface area (Å²) in [6.45, 7) is 0. The van der Waals surface area contributed by atoms with Crippen LogP contribution in [0.1, 0.15) is 0 Å². The lowest BCUT2D eigenvalue weighted by Gasteiger charge is -2.13. The number of aromatic nitrogens is 5. The van der Waals surface area contributed by atoms with Crippen LogP contribution in [0.15, 0.2) is 164 Å². The van der Waals surface area contributed by atoms with Gasteiger partial charge in [-0.3, -0.25) is 4.98 Å². The first kappa shape index (κ1) is 28.2. The molecule has 5 heterocycles. The fraction of sp³-hybridized carbons (Fsp3) is 0. The Balaban J connectivity index is 1.08. The quantitative estimate of drug-likeness (QED) is 0.142. The molecule has 0 fully saturated rings. The summed E-state index contributed by atoms with van der Waals surface area (Å²) in [6.07, 6.45) is 1.79. The van der Waals surface area contributed by atoms with Gasteiger partial charge in [0.25, 0.3) is 0 Å². The number of pyridine rings is 5. The molecule has 0 atom stereocenters. The smallest absolute Gasteiger partial charge is 0.0979 e. The number of fused-ring (bicyclic) bond motifs is 6. The number of hydrogen-bond donors (Lipinski definition) is 0. The molecule has 5 aromatic carbocycles. The van der Waals surface area contributed by atoms with E-state index < -0.39 is 0 Å². The van der Waals surface area contributed by atoms with Crippen LogP contribution in [0.4, 0.5) is 0 Å². The van der Waals surface area contributed by atoms with E-state index in [-0.39, 0.29) is 0 Å². The summed E-state index contributed by atoms with van der Waals surface area (Å²) >= 11 is 0. The van der Waals surface area contributed by atoms with E-state index in [0.717, 1.165) is 88.8 Å². The highest BCUT2D eigenvalue weighted by atomic mass is 14.8. The Morgan fingerprint density at radius 3 is 1.82 bits per heavy atom. The maximum absolute atomic E-state index is 5.26. The molecule has 10 rings (SSSR count). The molecule has 0 aliphatic heterocycles. The third-order valence-electron chi connectivity index (χ3n) is 9.45. The molecular formula is C45H27N5. The molecule has 0 saturated carbocycles. The van der Waals surface area contributed by atoms with Crippen molar-refractivity contribution in [3.8, 4) is 45.2 Å². The fourth-order valence-corrected chi connectivity index (χ4v) is 6.92. The van der Waals surface area contributed by atoms with Crippen molar-refractivity contribution < 1.29 is 0 Å². The van der Waals surface area contributed by atoms with Crippen LogP contribution in [0.5, 0.6) is 0 Å². The lowest BCUT2D eigenvalue weighted by molar-refractivity contribution is 1.27. The summed E-state index contributed by atoms with van der Waals surface area (Å²) in [5.41, 5.74) is 11.1. The molecule has 0 aliphatic rings. The summed E-state index contributed by atoms with van der Waals surface area (Å²) < 4.78 is 0. The summed E-state index contributed by atoms with van der Waals surface area (Å²) in [4.78, 5) is 25.0. The Morgan fingerprint density at radius 2 is 0.980 bits per heavy atom. The third kappa shape index (κ3) is 4.83. The highest BCUT2D eigenvalue weighted by Crippen LogP contribution is 2.36. The zero-order valence-electron chi connectivity index (χ0n) is 26.8. The van der Waals surface area contributed by atoms with Gasteiger partial charge in [-0.25, -0.2) is 19.9 Å². The minimum Gasteiger partial charge on any atom is -0.255 e. The van der Waals surface area contributed by atoms with Crippen LogP contribution in [0.25, 0.3) is 99.5 Å². The van der Waals surface area contributed by atoms with Crippen molar-refractivity contribution in [1.82, 2.24) is 24.9 Å². The van der Waals surface area contributed by atoms with Crippen LogP contribution in [0.3, 0.4) is 0 Å². The zero-order chi connectivity index (χ0) is 33.0. The van der Waals surface area contributed by atoms with Gasteiger partial charge in [0, 0.05) is 33.3 Å². The minimum atomic E-state index is 0.795. The van der Waals surface area contributed by atoms with Crippen LogP contribution in [0.2, 0.25) is 0 Å². The highest BCUT2D eigenvalue weighted by molar-refractivity contribution is 6.11. The van der Waals surface area contributed by atoms with Crippen molar-refractivity contribution in [2.24, 2.45) is 0 Å². The van der Waals surface area contributed by atoms with Crippen LogP contribution in [-0.4, -0.2) is 24.9 Å². The lowest BCUT2D eigenvalue weighted by Crippen LogP contribution is -1.95. The minimum absolute atomic E-state index is 0.795. The molecule has 0 spiro atoms. The molecule has 232 valence electrons. The third-order valence-corrected chi connectivity index (χ3v) is 9.45. The Kier molecular flexibility index (Phi) is 6.42. The van der Waals surface area contributed by atoms with E-state index in [4.69, 9.17) is 19.9 Å². The first-order valence-corrected chi connectivity index (χ1v) is 16.7. The van der Waals surface area contributed by atoms with Crippen molar-refractivity contribution in [3.63, 3.8) is 0 Å². The van der Waals surface area contributed by atoms with E-state index in [9.17, 15) is 0 Å². The summed E-state index contributed by atoms with van der Waals surface area (Å²) in [7, 11) is 0. The van der Waals surface area contributed by atoms with Gasteiger partial charge >= 0.3 is 0 Å². The van der Waals surface area contributed by atoms with Gasteiger partial charge in [0.05, 0.1) is 50.5 Å². The number of hydrogen-bond acceptors (Lipinski definition) is 5. The monoisotopic (exact) mass is 637 g/mol. The van der Waals surface area contributed by atoms with Crippen molar-refractivity contribution in [2.75, 3.05) is 0 Å². The maximum atomic E-state index is 5.26. The van der Waals surface area contributed by atoms with Crippen LogP contribution >= 0.6 is 0 Å². The van der Waals surface area contributed by atoms with Gasteiger partial charge in [0.2, 0.25) is 0 Å². The highest BCUT2D eigenvalue weighted by Gasteiger charge is 2.15. The van der Waals surface area contributed by atoms with Gasteiger partial charge in [-0.1, -0.05) is 84.9 Å². The van der Waals surface area contributed by atoms with Gasteiger partial charge < -0.3 is 0 Å². The van der Waals surface area contributed by atoms with E-state index in [1.807, 2.05) is 30.3 Å². The number of benzene rings is 5. The molecule has 50 heavy (non-hydrogen) atoms. The molecule has 0 bridgehead atoms. The molecule has 0 radical (unpaired) electrons. The Hall–Kier alpha value is -6.85. The topological polar surface area (TPSA) is 64.5 Å². The van der Waals surface area contributed by atoms with E-state index in [0.29, 0.717) is 0 Å². The molecule has 10 aromatic rings. The summed E-state index contributed by atoms with van der Waals surface area (Å²) in [6, 6.07) is 54.4. The Morgan fingerprint density at radius 1 is 0.320 bits per heavy atom. The average Bonchev–Trinajstić information content (AvgIpc) is 3.19. The van der Waals surface area contributed by atoms with Crippen molar-refractivity contribution in [1.29, 1.82) is 0 Å².